The molecule has 1 aliphatic rings. The zero-order valence-electron chi connectivity index (χ0n) is 13.9. The highest BCUT2D eigenvalue weighted by Crippen LogP contribution is 2.29. The van der Waals surface area contributed by atoms with Gasteiger partial charge in [0.1, 0.15) is 5.82 Å². The third kappa shape index (κ3) is 4.60. The Balaban J connectivity index is 1.53. The number of rotatable bonds is 6. The van der Waals surface area contributed by atoms with E-state index in [-0.39, 0.29) is 29.1 Å². The first kappa shape index (κ1) is 17.9. The van der Waals surface area contributed by atoms with Crippen LogP contribution in [0.15, 0.2) is 35.5 Å². The maximum atomic E-state index is 12.0. The van der Waals surface area contributed by atoms with Crippen molar-refractivity contribution < 1.29 is 13.2 Å². The molecule has 1 amide bonds. The lowest BCUT2D eigenvalue weighted by atomic mass is 10.1. The lowest BCUT2D eigenvalue weighted by Crippen LogP contribution is -2.24. The van der Waals surface area contributed by atoms with E-state index in [0.29, 0.717) is 23.9 Å². The van der Waals surface area contributed by atoms with E-state index in [4.69, 9.17) is 0 Å². The van der Waals surface area contributed by atoms with Crippen molar-refractivity contribution in [2.24, 2.45) is 7.05 Å². The van der Waals surface area contributed by atoms with E-state index in [0.717, 1.165) is 5.56 Å². The first-order chi connectivity index (χ1) is 11.9. The summed E-state index contributed by atoms with van der Waals surface area (Å²) < 4.78 is 25.0. The van der Waals surface area contributed by atoms with Crippen LogP contribution in [0.25, 0.3) is 0 Å². The minimum absolute atomic E-state index is 0.0816. The highest BCUT2D eigenvalue weighted by Gasteiger charge is 2.32. The molecule has 1 aromatic heterocycles. The van der Waals surface area contributed by atoms with Crippen LogP contribution in [0.3, 0.4) is 0 Å². The molecule has 0 radical (unpaired) electrons. The fourth-order valence-electron chi connectivity index (χ4n) is 2.78. The first-order valence-electron chi connectivity index (χ1n) is 7.98. The summed E-state index contributed by atoms with van der Waals surface area (Å²) >= 11 is 1.30. The molecule has 1 saturated heterocycles. The van der Waals surface area contributed by atoms with Crippen molar-refractivity contribution in [2.75, 3.05) is 17.3 Å². The van der Waals surface area contributed by atoms with Crippen LogP contribution in [-0.2, 0) is 28.2 Å². The van der Waals surface area contributed by atoms with E-state index in [2.05, 4.69) is 15.5 Å². The van der Waals surface area contributed by atoms with Gasteiger partial charge in [0, 0.05) is 19.5 Å². The zero-order chi connectivity index (χ0) is 17.9. The SMILES string of the molecule is Cn1c(SCC(=O)NCc2ccccc2)nnc1[C@H]1CCS(=O)(=O)C1. The number of nitrogens with one attached hydrogen (secondary N) is 1. The molecule has 0 aliphatic carbocycles. The van der Waals surface area contributed by atoms with E-state index in [1.165, 1.54) is 11.8 Å². The van der Waals surface area contributed by atoms with Gasteiger partial charge in [-0.3, -0.25) is 4.79 Å². The number of nitrogens with zero attached hydrogens (tertiary/aromatic N) is 3. The van der Waals surface area contributed by atoms with E-state index in [1.54, 1.807) is 4.57 Å². The standard InChI is InChI=1S/C16H20N4O3S2/c1-20-15(13-7-8-25(22,23)11-13)18-19-16(20)24-10-14(21)17-9-12-5-3-2-4-6-12/h2-6,13H,7-11H2,1H3,(H,17,21)/t13-/m0/s1. The second-order valence-electron chi connectivity index (χ2n) is 6.05. The number of carbonyl (C=O) groups is 1. The first-order valence-corrected chi connectivity index (χ1v) is 10.8. The van der Waals surface area contributed by atoms with Crippen LogP contribution in [-0.4, -0.2) is 46.3 Å². The number of carbonyl (C=O) groups excluding carboxylic acids is 1. The molecule has 3 rings (SSSR count). The summed E-state index contributed by atoms with van der Waals surface area (Å²) in [4.78, 5) is 12.0. The maximum absolute atomic E-state index is 12.0. The highest BCUT2D eigenvalue weighted by atomic mass is 32.2. The number of hydrogen-bond acceptors (Lipinski definition) is 6. The minimum atomic E-state index is -2.96. The Morgan fingerprint density at radius 2 is 2.08 bits per heavy atom. The fraction of sp³-hybridized carbons (Fsp3) is 0.438. The summed E-state index contributed by atoms with van der Waals surface area (Å²) in [5.74, 6) is 1.05. The van der Waals surface area contributed by atoms with Gasteiger partial charge >= 0.3 is 0 Å². The van der Waals surface area contributed by atoms with E-state index < -0.39 is 9.84 Å². The lowest BCUT2D eigenvalue weighted by molar-refractivity contribution is -0.118. The topological polar surface area (TPSA) is 93.9 Å². The van der Waals surface area contributed by atoms with Gasteiger partial charge in [-0.25, -0.2) is 8.42 Å². The average molecular weight is 380 g/mol. The van der Waals surface area contributed by atoms with Crippen molar-refractivity contribution in [1.82, 2.24) is 20.1 Å². The Morgan fingerprint density at radius 3 is 2.76 bits per heavy atom. The average Bonchev–Trinajstić information content (AvgIpc) is 3.14. The number of hydrogen-bond donors (Lipinski definition) is 1. The summed E-state index contributed by atoms with van der Waals surface area (Å²) in [6, 6.07) is 9.71. The van der Waals surface area contributed by atoms with Crippen molar-refractivity contribution >= 4 is 27.5 Å². The fourth-order valence-corrected chi connectivity index (χ4v) is 5.27. The van der Waals surface area contributed by atoms with Crippen LogP contribution >= 0.6 is 11.8 Å². The Morgan fingerprint density at radius 1 is 1.32 bits per heavy atom. The number of benzene rings is 1. The van der Waals surface area contributed by atoms with Gasteiger partial charge in [-0.2, -0.15) is 0 Å². The van der Waals surface area contributed by atoms with Gasteiger partial charge in [0.05, 0.1) is 17.3 Å². The van der Waals surface area contributed by atoms with Crippen molar-refractivity contribution in [3.05, 3.63) is 41.7 Å². The molecule has 0 unspecified atom stereocenters. The van der Waals surface area contributed by atoms with E-state index in [9.17, 15) is 13.2 Å². The molecule has 134 valence electrons. The molecule has 0 spiro atoms. The number of thioether (sulfide) groups is 1. The molecule has 7 nitrogen and oxygen atoms in total. The van der Waals surface area contributed by atoms with Crippen molar-refractivity contribution in [3.8, 4) is 0 Å². The van der Waals surface area contributed by atoms with Crippen molar-refractivity contribution in [2.45, 2.75) is 24.0 Å². The van der Waals surface area contributed by atoms with Crippen LogP contribution < -0.4 is 5.32 Å². The molecule has 25 heavy (non-hydrogen) atoms. The van der Waals surface area contributed by atoms with Crippen molar-refractivity contribution in [1.29, 1.82) is 0 Å². The molecule has 0 saturated carbocycles. The molecular formula is C16H20N4O3S2. The van der Waals surface area contributed by atoms with Gasteiger partial charge in [0.25, 0.3) is 0 Å². The molecule has 1 N–H and O–H groups in total. The van der Waals surface area contributed by atoms with Crippen LogP contribution in [0.1, 0.15) is 23.7 Å². The lowest BCUT2D eigenvalue weighted by Gasteiger charge is -2.08. The van der Waals surface area contributed by atoms with Gasteiger partial charge < -0.3 is 9.88 Å². The minimum Gasteiger partial charge on any atom is -0.351 e. The monoisotopic (exact) mass is 380 g/mol. The van der Waals surface area contributed by atoms with Crippen LogP contribution in [0.5, 0.6) is 0 Å². The second kappa shape index (κ2) is 7.57. The Labute approximate surface area is 151 Å². The number of amides is 1. The third-order valence-corrected chi connectivity index (χ3v) is 6.92. The Bertz CT molecular complexity index is 850. The number of sulfone groups is 1. The normalized spacial score (nSPS) is 19.0. The van der Waals surface area contributed by atoms with Crippen LogP contribution in [0.4, 0.5) is 0 Å². The highest BCUT2D eigenvalue weighted by molar-refractivity contribution is 7.99. The van der Waals surface area contributed by atoms with Crippen LogP contribution in [0.2, 0.25) is 0 Å². The Kier molecular flexibility index (Phi) is 5.43. The summed E-state index contributed by atoms with van der Waals surface area (Å²) in [7, 11) is -1.15. The van der Waals surface area contributed by atoms with Crippen LogP contribution in [0, 0.1) is 0 Å². The predicted molar refractivity (Wildman–Crippen MR) is 96.0 cm³/mol. The molecule has 1 fully saturated rings. The van der Waals surface area contributed by atoms with E-state index in [1.807, 2.05) is 37.4 Å². The molecule has 9 heteroatoms. The maximum Gasteiger partial charge on any atom is 0.230 e. The molecule has 1 atom stereocenters. The van der Waals surface area contributed by atoms with Crippen molar-refractivity contribution in [3.63, 3.8) is 0 Å². The Hall–Kier alpha value is -1.87. The molecule has 2 heterocycles. The second-order valence-corrected chi connectivity index (χ2v) is 9.22. The number of aromatic nitrogens is 3. The molecule has 1 aromatic carbocycles. The summed E-state index contributed by atoms with van der Waals surface area (Å²) in [5, 5.41) is 11.7. The van der Waals surface area contributed by atoms with Gasteiger partial charge in [-0.1, -0.05) is 42.1 Å². The summed E-state index contributed by atoms with van der Waals surface area (Å²) in [6.45, 7) is 0.490. The summed E-state index contributed by atoms with van der Waals surface area (Å²) in [5.41, 5.74) is 1.05. The van der Waals surface area contributed by atoms with Gasteiger partial charge in [0.2, 0.25) is 5.91 Å². The van der Waals surface area contributed by atoms with Gasteiger partial charge in [-0.05, 0) is 12.0 Å². The molecule has 1 aliphatic heterocycles. The molecular weight excluding hydrogens is 360 g/mol. The van der Waals surface area contributed by atoms with E-state index >= 15 is 0 Å². The largest absolute Gasteiger partial charge is 0.351 e. The quantitative estimate of drug-likeness (QED) is 0.755. The van der Waals surface area contributed by atoms with Gasteiger partial charge in [0.15, 0.2) is 15.0 Å². The molecule has 2 aromatic rings. The summed E-state index contributed by atoms with van der Waals surface area (Å²) in [6.07, 6.45) is 0.580. The smallest absolute Gasteiger partial charge is 0.230 e. The third-order valence-electron chi connectivity index (χ3n) is 4.13. The molecule has 0 bridgehead atoms. The zero-order valence-corrected chi connectivity index (χ0v) is 15.5. The predicted octanol–water partition coefficient (Wildman–Crippen LogP) is 1.13. The van der Waals surface area contributed by atoms with Gasteiger partial charge in [-0.15, -0.1) is 10.2 Å².